The van der Waals surface area contributed by atoms with Gasteiger partial charge < -0.3 is 5.32 Å². The van der Waals surface area contributed by atoms with Crippen molar-refractivity contribution in [2.45, 2.75) is 45.6 Å². The van der Waals surface area contributed by atoms with E-state index >= 15 is 0 Å². The molecule has 1 nitrogen and oxygen atoms in total. The zero-order valence-corrected chi connectivity index (χ0v) is 9.79. The minimum atomic E-state index is 0.621. The Bertz CT molecular complexity index is 296. The van der Waals surface area contributed by atoms with Crippen molar-refractivity contribution in [1.29, 1.82) is 0 Å². The van der Waals surface area contributed by atoms with E-state index in [-0.39, 0.29) is 0 Å². The minimum absolute atomic E-state index is 0.621. The second-order valence-corrected chi connectivity index (χ2v) is 4.84. The van der Waals surface area contributed by atoms with Crippen LogP contribution in [0.25, 0.3) is 0 Å². The fourth-order valence-corrected chi connectivity index (χ4v) is 2.49. The van der Waals surface area contributed by atoms with Gasteiger partial charge in [-0.25, -0.2) is 0 Å². The summed E-state index contributed by atoms with van der Waals surface area (Å²) in [7, 11) is 0. The fraction of sp³-hybridized carbons (Fsp3) is 0.571. The molecule has 1 fully saturated rings. The van der Waals surface area contributed by atoms with Crippen LogP contribution in [0.3, 0.4) is 0 Å². The highest BCUT2D eigenvalue weighted by molar-refractivity contribution is 5.45. The summed E-state index contributed by atoms with van der Waals surface area (Å²) in [4.78, 5) is 0. The molecule has 1 aromatic rings. The van der Waals surface area contributed by atoms with Crippen LogP contribution in [0.4, 0.5) is 5.69 Å². The van der Waals surface area contributed by atoms with E-state index in [0.29, 0.717) is 6.04 Å². The Morgan fingerprint density at radius 3 is 2.33 bits per heavy atom. The van der Waals surface area contributed by atoms with Crippen LogP contribution in [0.1, 0.15) is 38.2 Å². The lowest BCUT2D eigenvalue weighted by Crippen LogP contribution is -2.23. The average Bonchev–Trinajstić information content (AvgIpc) is 2.74. The zero-order chi connectivity index (χ0) is 10.7. The van der Waals surface area contributed by atoms with Gasteiger partial charge in [-0.3, -0.25) is 0 Å². The summed E-state index contributed by atoms with van der Waals surface area (Å²) in [6, 6.07) is 9.32. The molecule has 1 unspecified atom stereocenters. The van der Waals surface area contributed by atoms with Gasteiger partial charge in [-0.2, -0.15) is 0 Å². The van der Waals surface area contributed by atoms with Gasteiger partial charge in [0.25, 0.3) is 0 Å². The topological polar surface area (TPSA) is 12.0 Å². The van der Waals surface area contributed by atoms with Crippen LogP contribution in [-0.2, 0) is 0 Å². The van der Waals surface area contributed by atoms with Gasteiger partial charge in [0.1, 0.15) is 0 Å². The van der Waals surface area contributed by atoms with Gasteiger partial charge in [0.05, 0.1) is 0 Å². The molecule has 1 atom stereocenters. The van der Waals surface area contributed by atoms with Crippen LogP contribution < -0.4 is 5.32 Å². The number of benzene rings is 1. The maximum absolute atomic E-state index is 3.61. The smallest absolute Gasteiger partial charge is 0.0342 e. The van der Waals surface area contributed by atoms with Gasteiger partial charge in [0, 0.05) is 11.7 Å². The Kier molecular flexibility index (Phi) is 3.30. The summed E-state index contributed by atoms with van der Waals surface area (Å²) < 4.78 is 0. The molecular formula is C14H21N. The van der Waals surface area contributed by atoms with Crippen LogP contribution >= 0.6 is 0 Å². The maximum atomic E-state index is 3.61. The normalized spacial score (nSPS) is 19.1. The molecule has 0 aromatic heterocycles. The van der Waals surface area contributed by atoms with E-state index in [1.54, 1.807) is 0 Å². The van der Waals surface area contributed by atoms with Gasteiger partial charge in [-0.15, -0.1) is 0 Å². The Balaban J connectivity index is 1.92. The molecular weight excluding hydrogens is 182 g/mol. The van der Waals surface area contributed by atoms with Crippen LogP contribution in [0.2, 0.25) is 0 Å². The molecule has 0 spiro atoms. The summed E-state index contributed by atoms with van der Waals surface area (Å²) in [6.07, 6.45) is 5.65. The molecule has 2 rings (SSSR count). The summed E-state index contributed by atoms with van der Waals surface area (Å²) in [5, 5.41) is 3.61. The van der Waals surface area contributed by atoms with Crippen molar-refractivity contribution in [2.24, 2.45) is 5.92 Å². The molecule has 1 N–H and O–H groups in total. The van der Waals surface area contributed by atoms with Crippen molar-refractivity contribution >= 4 is 5.69 Å². The van der Waals surface area contributed by atoms with Crippen LogP contribution in [0.5, 0.6) is 0 Å². The van der Waals surface area contributed by atoms with Crippen LogP contribution in [-0.4, -0.2) is 6.04 Å². The molecule has 0 bridgehead atoms. The van der Waals surface area contributed by atoms with E-state index in [9.17, 15) is 0 Å². The van der Waals surface area contributed by atoms with E-state index in [4.69, 9.17) is 0 Å². The predicted octanol–water partition coefficient (Wildman–Crippen LogP) is 3.99. The lowest BCUT2D eigenvalue weighted by Gasteiger charge is -2.21. The molecule has 0 saturated heterocycles. The number of hydrogen-bond donors (Lipinski definition) is 1. The highest BCUT2D eigenvalue weighted by Gasteiger charge is 2.20. The molecule has 0 radical (unpaired) electrons. The van der Waals surface area contributed by atoms with Crippen molar-refractivity contribution in [2.75, 3.05) is 5.32 Å². The first-order valence-corrected chi connectivity index (χ1v) is 6.09. The third kappa shape index (κ3) is 2.74. The third-order valence-electron chi connectivity index (χ3n) is 3.55. The summed E-state index contributed by atoms with van der Waals surface area (Å²) in [5.41, 5.74) is 2.59. The van der Waals surface area contributed by atoms with E-state index in [0.717, 1.165) is 5.92 Å². The molecule has 15 heavy (non-hydrogen) atoms. The monoisotopic (exact) mass is 203 g/mol. The molecule has 0 aliphatic heterocycles. The Morgan fingerprint density at radius 2 is 1.73 bits per heavy atom. The molecule has 1 aliphatic rings. The van der Waals surface area contributed by atoms with E-state index < -0.39 is 0 Å². The lowest BCUT2D eigenvalue weighted by atomic mass is 9.99. The second kappa shape index (κ2) is 4.69. The Morgan fingerprint density at radius 1 is 1.13 bits per heavy atom. The van der Waals surface area contributed by atoms with Crippen molar-refractivity contribution in [3.63, 3.8) is 0 Å². The summed E-state index contributed by atoms with van der Waals surface area (Å²) in [5.74, 6) is 0.881. The van der Waals surface area contributed by atoms with Gasteiger partial charge in [-0.1, -0.05) is 30.5 Å². The van der Waals surface area contributed by atoms with E-state index in [1.807, 2.05) is 0 Å². The molecule has 0 amide bonds. The number of hydrogen-bond acceptors (Lipinski definition) is 1. The first-order valence-electron chi connectivity index (χ1n) is 6.09. The quantitative estimate of drug-likeness (QED) is 0.783. The number of rotatable bonds is 3. The molecule has 1 saturated carbocycles. The number of aryl methyl sites for hydroxylation is 1. The van der Waals surface area contributed by atoms with Crippen molar-refractivity contribution in [1.82, 2.24) is 0 Å². The third-order valence-corrected chi connectivity index (χ3v) is 3.55. The maximum Gasteiger partial charge on any atom is 0.0342 e. The van der Waals surface area contributed by atoms with Crippen molar-refractivity contribution in [3.8, 4) is 0 Å². The van der Waals surface area contributed by atoms with E-state index in [2.05, 4.69) is 43.4 Å². The Hall–Kier alpha value is -0.980. The first kappa shape index (κ1) is 10.5. The van der Waals surface area contributed by atoms with Crippen LogP contribution in [0, 0.1) is 12.8 Å². The number of nitrogens with one attached hydrogen (secondary N) is 1. The summed E-state index contributed by atoms with van der Waals surface area (Å²) in [6.45, 7) is 4.44. The standard InChI is InChI=1S/C14H21N/c1-11-7-9-14(10-8-11)15-12(2)13-5-3-4-6-13/h7-10,12-13,15H,3-6H2,1-2H3. The van der Waals surface area contributed by atoms with Gasteiger partial charge in [0.15, 0.2) is 0 Å². The number of anilines is 1. The Labute approximate surface area is 92.9 Å². The predicted molar refractivity (Wildman–Crippen MR) is 66.2 cm³/mol. The van der Waals surface area contributed by atoms with Crippen LogP contribution in [0.15, 0.2) is 24.3 Å². The molecule has 82 valence electrons. The molecule has 1 aromatic carbocycles. The van der Waals surface area contributed by atoms with Crippen molar-refractivity contribution < 1.29 is 0 Å². The summed E-state index contributed by atoms with van der Waals surface area (Å²) >= 11 is 0. The molecule has 1 aliphatic carbocycles. The lowest BCUT2D eigenvalue weighted by molar-refractivity contribution is 0.482. The van der Waals surface area contributed by atoms with E-state index in [1.165, 1.54) is 36.9 Å². The zero-order valence-electron chi connectivity index (χ0n) is 9.79. The van der Waals surface area contributed by atoms with Crippen molar-refractivity contribution in [3.05, 3.63) is 29.8 Å². The van der Waals surface area contributed by atoms with Gasteiger partial charge in [0.2, 0.25) is 0 Å². The SMILES string of the molecule is Cc1ccc(NC(C)C2CCCC2)cc1. The highest BCUT2D eigenvalue weighted by Crippen LogP contribution is 2.29. The largest absolute Gasteiger partial charge is 0.382 e. The van der Waals surface area contributed by atoms with Gasteiger partial charge >= 0.3 is 0 Å². The minimum Gasteiger partial charge on any atom is -0.382 e. The average molecular weight is 203 g/mol. The van der Waals surface area contributed by atoms with Gasteiger partial charge in [-0.05, 0) is 44.7 Å². The second-order valence-electron chi connectivity index (χ2n) is 4.84. The molecule has 1 heteroatoms. The fourth-order valence-electron chi connectivity index (χ4n) is 2.49. The highest BCUT2D eigenvalue weighted by atomic mass is 14.9. The first-order chi connectivity index (χ1) is 7.25. The molecule has 0 heterocycles.